The Morgan fingerprint density at radius 2 is 1.74 bits per heavy atom. The molecule has 0 fully saturated rings. The van der Waals surface area contributed by atoms with Crippen molar-refractivity contribution in [3.05, 3.63) is 71.0 Å². The average molecular weight is 438 g/mol. The SMILES string of the molecule is Cc1cc(C)cc(NC(=O)CSc2n[nH]c(C(NC(=O)c3ccccc3)C(C)C)n2)c1. The summed E-state index contributed by atoms with van der Waals surface area (Å²) >= 11 is 1.24. The van der Waals surface area contributed by atoms with Crippen molar-refractivity contribution in [2.75, 3.05) is 11.1 Å². The number of thioether (sulfide) groups is 1. The molecule has 7 nitrogen and oxygen atoms in total. The third-order valence-electron chi connectivity index (χ3n) is 4.60. The van der Waals surface area contributed by atoms with Crippen LogP contribution in [0.15, 0.2) is 53.7 Å². The van der Waals surface area contributed by atoms with E-state index in [9.17, 15) is 9.59 Å². The summed E-state index contributed by atoms with van der Waals surface area (Å²) < 4.78 is 0. The van der Waals surface area contributed by atoms with Crippen molar-refractivity contribution in [3.8, 4) is 0 Å². The van der Waals surface area contributed by atoms with Gasteiger partial charge in [0, 0.05) is 11.3 Å². The molecule has 0 spiro atoms. The fraction of sp³-hybridized carbons (Fsp3) is 0.304. The molecule has 3 rings (SSSR count). The quantitative estimate of drug-likeness (QED) is 0.457. The van der Waals surface area contributed by atoms with Crippen molar-refractivity contribution < 1.29 is 9.59 Å². The van der Waals surface area contributed by atoms with E-state index in [1.54, 1.807) is 12.1 Å². The first-order valence-electron chi connectivity index (χ1n) is 10.1. The van der Waals surface area contributed by atoms with Gasteiger partial charge in [0.05, 0.1) is 11.8 Å². The molecule has 162 valence electrons. The van der Waals surface area contributed by atoms with Crippen LogP contribution in [0.4, 0.5) is 5.69 Å². The van der Waals surface area contributed by atoms with E-state index in [1.807, 2.05) is 58.0 Å². The highest BCUT2D eigenvalue weighted by Gasteiger charge is 2.23. The van der Waals surface area contributed by atoms with Gasteiger partial charge in [-0.05, 0) is 55.2 Å². The molecule has 8 heteroatoms. The Labute approximate surface area is 186 Å². The molecule has 31 heavy (non-hydrogen) atoms. The number of nitrogens with one attached hydrogen (secondary N) is 3. The normalized spacial score (nSPS) is 11.9. The van der Waals surface area contributed by atoms with E-state index in [0.29, 0.717) is 16.5 Å². The second-order valence-electron chi connectivity index (χ2n) is 7.78. The minimum atomic E-state index is -0.321. The van der Waals surface area contributed by atoms with E-state index >= 15 is 0 Å². The zero-order valence-corrected chi connectivity index (χ0v) is 18.9. The van der Waals surface area contributed by atoms with Crippen LogP contribution in [0.5, 0.6) is 0 Å². The first kappa shape index (κ1) is 22.6. The maximum Gasteiger partial charge on any atom is 0.251 e. The number of anilines is 1. The number of aromatic amines is 1. The van der Waals surface area contributed by atoms with Crippen molar-refractivity contribution in [2.24, 2.45) is 5.92 Å². The van der Waals surface area contributed by atoms with Gasteiger partial charge in [-0.1, -0.05) is 49.9 Å². The zero-order valence-electron chi connectivity index (χ0n) is 18.1. The summed E-state index contributed by atoms with van der Waals surface area (Å²) in [5.41, 5.74) is 3.56. The lowest BCUT2D eigenvalue weighted by Gasteiger charge is -2.19. The maximum atomic E-state index is 12.5. The van der Waals surface area contributed by atoms with Crippen LogP contribution in [-0.4, -0.2) is 32.7 Å². The Balaban J connectivity index is 1.59. The highest BCUT2D eigenvalue weighted by atomic mass is 32.2. The number of amides is 2. The molecule has 0 saturated heterocycles. The average Bonchev–Trinajstić information content (AvgIpc) is 3.18. The molecule has 2 aromatic carbocycles. The molecule has 0 aliphatic rings. The summed E-state index contributed by atoms with van der Waals surface area (Å²) in [4.78, 5) is 29.3. The van der Waals surface area contributed by atoms with Crippen molar-refractivity contribution >= 4 is 29.3 Å². The molecule has 0 aliphatic heterocycles. The second kappa shape index (κ2) is 10.3. The highest BCUT2D eigenvalue weighted by molar-refractivity contribution is 7.99. The van der Waals surface area contributed by atoms with Crippen LogP contribution in [0.1, 0.15) is 47.2 Å². The van der Waals surface area contributed by atoms with Crippen molar-refractivity contribution in [2.45, 2.75) is 38.9 Å². The summed E-state index contributed by atoms with van der Waals surface area (Å²) in [5.74, 6) is 0.562. The predicted octanol–water partition coefficient (Wildman–Crippen LogP) is 4.28. The molecule has 0 aliphatic carbocycles. The van der Waals surface area contributed by atoms with Crippen LogP contribution < -0.4 is 10.6 Å². The number of nitrogens with zero attached hydrogens (tertiary/aromatic N) is 2. The van der Waals surface area contributed by atoms with E-state index in [0.717, 1.165) is 16.8 Å². The number of benzene rings is 2. The number of aryl methyl sites for hydroxylation is 2. The Hall–Kier alpha value is -3.13. The smallest absolute Gasteiger partial charge is 0.251 e. The minimum absolute atomic E-state index is 0.103. The zero-order chi connectivity index (χ0) is 22.4. The lowest BCUT2D eigenvalue weighted by Crippen LogP contribution is -2.32. The van der Waals surface area contributed by atoms with Crippen LogP contribution >= 0.6 is 11.8 Å². The molecule has 1 atom stereocenters. The van der Waals surface area contributed by atoms with Crippen LogP contribution in [0, 0.1) is 19.8 Å². The summed E-state index contributed by atoms with van der Waals surface area (Å²) in [6.07, 6.45) is 0. The topological polar surface area (TPSA) is 99.8 Å². The number of aromatic nitrogens is 3. The van der Waals surface area contributed by atoms with Gasteiger partial charge in [0.2, 0.25) is 11.1 Å². The standard InChI is InChI=1S/C23H27N5O2S/c1-14(2)20(25-22(30)17-8-6-5-7-9-17)21-26-23(28-27-21)31-13-19(29)24-18-11-15(3)10-16(4)12-18/h5-12,14,20H,13H2,1-4H3,(H,24,29)(H,25,30)(H,26,27,28). The number of carbonyl (C=O) groups is 2. The molecule has 1 heterocycles. The fourth-order valence-electron chi connectivity index (χ4n) is 3.20. The van der Waals surface area contributed by atoms with Gasteiger partial charge in [-0.25, -0.2) is 4.98 Å². The molecule has 0 bridgehead atoms. The number of carbonyl (C=O) groups excluding carboxylic acids is 2. The molecule has 1 unspecified atom stereocenters. The molecule has 2 amide bonds. The molecular formula is C23H27N5O2S. The van der Waals surface area contributed by atoms with Gasteiger partial charge in [-0.2, -0.15) is 0 Å². The Kier molecular flexibility index (Phi) is 7.46. The monoisotopic (exact) mass is 437 g/mol. The lowest BCUT2D eigenvalue weighted by atomic mass is 10.0. The van der Waals surface area contributed by atoms with Gasteiger partial charge in [0.15, 0.2) is 0 Å². The molecule has 3 aromatic rings. The predicted molar refractivity (Wildman–Crippen MR) is 123 cm³/mol. The van der Waals surface area contributed by atoms with E-state index < -0.39 is 0 Å². The van der Waals surface area contributed by atoms with E-state index in [1.165, 1.54) is 11.8 Å². The first-order valence-corrected chi connectivity index (χ1v) is 11.1. The van der Waals surface area contributed by atoms with Gasteiger partial charge >= 0.3 is 0 Å². The van der Waals surface area contributed by atoms with Crippen LogP contribution in [-0.2, 0) is 4.79 Å². The van der Waals surface area contributed by atoms with Crippen LogP contribution in [0.2, 0.25) is 0 Å². The molecular weight excluding hydrogens is 410 g/mol. The van der Waals surface area contributed by atoms with Crippen LogP contribution in [0.25, 0.3) is 0 Å². The van der Waals surface area contributed by atoms with Gasteiger partial charge in [-0.3, -0.25) is 14.7 Å². The lowest BCUT2D eigenvalue weighted by molar-refractivity contribution is -0.113. The number of hydrogen-bond acceptors (Lipinski definition) is 5. The van der Waals surface area contributed by atoms with Gasteiger partial charge in [0.25, 0.3) is 5.91 Å². The summed E-state index contributed by atoms with van der Waals surface area (Å²) in [7, 11) is 0. The van der Waals surface area contributed by atoms with Gasteiger partial charge in [0.1, 0.15) is 5.82 Å². The summed E-state index contributed by atoms with van der Waals surface area (Å²) in [5, 5.41) is 13.5. The van der Waals surface area contributed by atoms with Gasteiger partial charge < -0.3 is 10.6 Å². The Morgan fingerprint density at radius 3 is 2.39 bits per heavy atom. The fourth-order valence-corrected chi connectivity index (χ4v) is 3.81. The molecule has 0 saturated carbocycles. The molecule has 3 N–H and O–H groups in total. The van der Waals surface area contributed by atoms with Gasteiger partial charge in [-0.15, -0.1) is 5.10 Å². The van der Waals surface area contributed by atoms with E-state index in [-0.39, 0.29) is 29.5 Å². The van der Waals surface area contributed by atoms with E-state index in [4.69, 9.17) is 0 Å². The Bertz CT molecular complexity index is 1030. The molecule has 1 aromatic heterocycles. The van der Waals surface area contributed by atoms with E-state index in [2.05, 4.69) is 31.9 Å². The number of H-pyrrole nitrogens is 1. The summed E-state index contributed by atoms with van der Waals surface area (Å²) in [6.45, 7) is 7.99. The minimum Gasteiger partial charge on any atom is -0.342 e. The van der Waals surface area contributed by atoms with Crippen molar-refractivity contribution in [1.82, 2.24) is 20.5 Å². The van der Waals surface area contributed by atoms with Crippen molar-refractivity contribution in [1.29, 1.82) is 0 Å². The second-order valence-corrected chi connectivity index (χ2v) is 8.72. The maximum absolute atomic E-state index is 12.5. The highest BCUT2D eigenvalue weighted by Crippen LogP contribution is 2.22. The number of hydrogen-bond donors (Lipinski definition) is 3. The third-order valence-corrected chi connectivity index (χ3v) is 5.45. The van der Waals surface area contributed by atoms with Crippen LogP contribution in [0.3, 0.4) is 0 Å². The Morgan fingerprint density at radius 1 is 1.06 bits per heavy atom. The summed E-state index contributed by atoms with van der Waals surface area (Å²) in [6, 6.07) is 14.7. The first-order chi connectivity index (χ1) is 14.8. The largest absolute Gasteiger partial charge is 0.342 e. The molecule has 0 radical (unpaired) electrons. The number of rotatable bonds is 8. The van der Waals surface area contributed by atoms with Crippen molar-refractivity contribution in [3.63, 3.8) is 0 Å². The third kappa shape index (κ3) is 6.42.